The third-order valence-corrected chi connectivity index (χ3v) is 3.01. The molecule has 16 heavy (non-hydrogen) atoms. The molecule has 0 fully saturated rings. The van der Waals surface area contributed by atoms with Crippen LogP contribution in [-0.4, -0.2) is 14.8 Å². The lowest BCUT2D eigenvalue weighted by Gasteiger charge is -2.06. The van der Waals surface area contributed by atoms with E-state index < -0.39 is 0 Å². The third kappa shape index (κ3) is 1.91. The van der Waals surface area contributed by atoms with Gasteiger partial charge in [-0.1, -0.05) is 23.2 Å². The fourth-order valence-corrected chi connectivity index (χ4v) is 1.74. The lowest BCUT2D eigenvalue weighted by atomic mass is 10.2. The van der Waals surface area contributed by atoms with Crippen molar-refractivity contribution >= 4 is 23.2 Å². The summed E-state index contributed by atoms with van der Waals surface area (Å²) in [6.07, 6.45) is 3.32. The zero-order valence-electron chi connectivity index (χ0n) is 8.61. The minimum absolute atomic E-state index is 0.363. The molecule has 0 saturated carbocycles. The van der Waals surface area contributed by atoms with Gasteiger partial charge in [-0.05, 0) is 18.6 Å². The fraction of sp³-hybridized carbons (Fsp3) is 0.200. The Bertz CT molecular complexity index is 502. The minimum atomic E-state index is 0.363. The molecule has 0 bridgehead atoms. The van der Waals surface area contributed by atoms with E-state index in [0.717, 1.165) is 11.3 Å². The minimum Gasteiger partial charge on any atom is -0.326 e. The van der Waals surface area contributed by atoms with Crippen molar-refractivity contribution in [2.24, 2.45) is 5.73 Å². The van der Waals surface area contributed by atoms with E-state index in [1.807, 2.05) is 6.92 Å². The molecule has 2 aromatic heterocycles. The number of aryl methyl sites for hydroxylation is 1. The lowest BCUT2D eigenvalue weighted by molar-refractivity contribution is 0.828. The quantitative estimate of drug-likeness (QED) is 0.898. The highest BCUT2D eigenvalue weighted by Crippen LogP contribution is 2.23. The molecule has 0 spiro atoms. The summed E-state index contributed by atoms with van der Waals surface area (Å²) in [7, 11) is 0. The van der Waals surface area contributed by atoms with Crippen molar-refractivity contribution in [1.82, 2.24) is 14.8 Å². The van der Waals surface area contributed by atoms with Crippen LogP contribution in [0.25, 0.3) is 5.82 Å². The van der Waals surface area contributed by atoms with Crippen molar-refractivity contribution in [2.45, 2.75) is 13.5 Å². The molecule has 4 nitrogen and oxygen atoms in total. The van der Waals surface area contributed by atoms with E-state index in [-0.39, 0.29) is 0 Å². The van der Waals surface area contributed by atoms with Crippen molar-refractivity contribution in [3.8, 4) is 5.82 Å². The van der Waals surface area contributed by atoms with Crippen molar-refractivity contribution in [3.63, 3.8) is 0 Å². The molecule has 0 aliphatic rings. The summed E-state index contributed by atoms with van der Waals surface area (Å²) in [4.78, 5) is 4.17. The van der Waals surface area contributed by atoms with Crippen LogP contribution in [0.4, 0.5) is 0 Å². The Morgan fingerprint density at radius 1 is 1.44 bits per heavy atom. The molecule has 0 atom stereocenters. The molecule has 0 aliphatic heterocycles. The van der Waals surface area contributed by atoms with Crippen LogP contribution in [-0.2, 0) is 6.54 Å². The van der Waals surface area contributed by atoms with Gasteiger partial charge in [-0.2, -0.15) is 5.10 Å². The Balaban J connectivity index is 2.55. The normalized spacial score (nSPS) is 10.8. The van der Waals surface area contributed by atoms with Crippen LogP contribution in [0.1, 0.15) is 11.3 Å². The van der Waals surface area contributed by atoms with Gasteiger partial charge in [-0.3, -0.25) is 0 Å². The summed E-state index contributed by atoms with van der Waals surface area (Å²) in [6.45, 7) is 2.18. The van der Waals surface area contributed by atoms with E-state index in [1.165, 1.54) is 0 Å². The number of hydrogen-bond donors (Lipinski definition) is 1. The number of halogens is 2. The van der Waals surface area contributed by atoms with E-state index in [4.69, 9.17) is 28.9 Å². The second-order valence-corrected chi connectivity index (χ2v) is 4.10. The van der Waals surface area contributed by atoms with Gasteiger partial charge >= 0.3 is 0 Å². The maximum atomic E-state index is 6.16. The molecule has 6 heteroatoms. The first-order valence-corrected chi connectivity index (χ1v) is 5.44. The van der Waals surface area contributed by atoms with E-state index in [0.29, 0.717) is 22.4 Å². The third-order valence-electron chi connectivity index (χ3n) is 2.23. The summed E-state index contributed by atoms with van der Waals surface area (Å²) in [5, 5.41) is 5.30. The van der Waals surface area contributed by atoms with Crippen molar-refractivity contribution in [3.05, 3.63) is 39.8 Å². The molecule has 0 aromatic carbocycles. The molecule has 0 saturated heterocycles. The highest BCUT2D eigenvalue weighted by molar-refractivity contribution is 6.33. The summed E-state index contributed by atoms with van der Waals surface area (Å²) in [5.41, 5.74) is 7.13. The smallest absolute Gasteiger partial charge is 0.172 e. The van der Waals surface area contributed by atoms with Gasteiger partial charge < -0.3 is 5.73 Å². The van der Waals surface area contributed by atoms with Gasteiger partial charge in [0.25, 0.3) is 0 Å². The van der Waals surface area contributed by atoms with Crippen LogP contribution < -0.4 is 5.73 Å². The van der Waals surface area contributed by atoms with Crippen LogP contribution in [0, 0.1) is 6.92 Å². The molecule has 0 unspecified atom stereocenters. The highest BCUT2D eigenvalue weighted by atomic mass is 35.5. The van der Waals surface area contributed by atoms with Gasteiger partial charge in [0.2, 0.25) is 0 Å². The fourth-order valence-electron chi connectivity index (χ4n) is 1.34. The van der Waals surface area contributed by atoms with E-state index in [2.05, 4.69) is 10.1 Å². The Morgan fingerprint density at radius 3 is 2.75 bits per heavy atom. The summed E-state index contributed by atoms with van der Waals surface area (Å²) < 4.78 is 1.55. The largest absolute Gasteiger partial charge is 0.326 e. The van der Waals surface area contributed by atoms with Crippen LogP contribution >= 0.6 is 23.2 Å². The zero-order valence-corrected chi connectivity index (χ0v) is 10.1. The standard InChI is InChI=1S/C10H10Cl2N4/c1-6-8(11)5-16(15-6)10-9(12)7(4-13)2-3-14-10/h2-3,5H,4,13H2,1H3. The average Bonchev–Trinajstić information content (AvgIpc) is 2.59. The predicted molar refractivity (Wildman–Crippen MR) is 64.0 cm³/mol. The van der Waals surface area contributed by atoms with Crippen LogP contribution in [0.5, 0.6) is 0 Å². The maximum Gasteiger partial charge on any atom is 0.172 e. The van der Waals surface area contributed by atoms with Crippen LogP contribution in [0.15, 0.2) is 18.5 Å². The molecule has 2 N–H and O–H groups in total. The first-order valence-electron chi connectivity index (χ1n) is 4.69. The Hall–Kier alpha value is -1.10. The molecule has 0 amide bonds. The topological polar surface area (TPSA) is 56.7 Å². The summed E-state index contributed by atoms with van der Waals surface area (Å²) >= 11 is 12.1. The van der Waals surface area contributed by atoms with E-state index in [1.54, 1.807) is 23.1 Å². The molecule has 2 heterocycles. The average molecular weight is 257 g/mol. The van der Waals surface area contributed by atoms with E-state index >= 15 is 0 Å². The number of nitrogens with two attached hydrogens (primary N) is 1. The molecule has 0 radical (unpaired) electrons. The SMILES string of the molecule is Cc1nn(-c2nccc(CN)c2Cl)cc1Cl. The van der Waals surface area contributed by atoms with Crippen molar-refractivity contribution < 1.29 is 0 Å². The Labute approximate surface area is 103 Å². The molecular formula is C10H10Cl2N4. The van der Waals surface area contributed by atoms with Crippen LogP contribution in [0.2, 0.25) is 10.0 Å². The molecule has 84 valence electrons. The van der Waals surface area contributed by atoms with Crippen molar-refractivity contribution in [1.29, 1.82) is 0 Å². The van der Waals surface area contributed by atoms with Gasteiger partial charge in [0.15, 0.2) is 5.82 Å². The molecule has 0 aliphatic carbocycles. The number of nitrogens with zero attached hydrogens (tertiary/aromatic N) is 3. The van der Waals surface area contributed by atoms with Gasteiger partial charge in [0, 0.05) is 12.7 Å². The number of rotatable bonds is 2. The number of hydrogen-bond acceptors (Lipinski definition) is 3. The zero-order chi connectivity index (χ0) is 11.7. The van der Waals surface area contributed by atoms with Gasteiger partial charge in [-0.15, -0.1) is 0 Å². The van der Waals surface area contributed by atoms with Gasteiger partial charge in [0.05, 0.1) is 21.9 Å². The first kappa shape index (κ1) is 11.4. The summed E-state index contributed by atoms with van der Waals surface area (Å²) in [5.74, 6) is 0.541. The predicted octanol–water partition coefficient (Wildman–Crippen LogP) is 2.34. The van der Waals surface area contributed by atoms with Gasteiger partial charge in [0.1, 0.15) is 0 Å². The second kappa shape index (κ2) is 4.41. The monoisotopic (exact) mass is 256 g/mol. The maximum absolute atomic E-state index is 6.16. The van der Waals surface area contributed by atoms with Gasteiger partial charge in [-0.25, -0.2) is 9.67 Å². The summed E-state index contributed by atoms with van der Waals surface area (Å²) in [6, 6.07) is 1.78. The molecular weight excluding hydrogens is 247 g/mol. The molecule has 2 aromatic rings. The number of pyridine rings is 1. The Kier molecular flexibility index (Phi) is 3.14. The first-order chi connectivity index (χ1) is 7.63. The lowest BCUT2D eigenvalue weighted by Crippen LogP contribution is -2.04. The van der Waals surface area contributed by atoms with E-state index in [9.17, 15) is 0 Å². The number of aromatic nitrogens is 3. The van der Waals surface area contributed by atoms with Crippen molar-refractivity contribution in [2.75, 3.05) is 0 Å². The Morgan fingerprint density at radius 2 is 2.19 bits per heavy atom. The molecule has 2 rings (SSSR count). The van der Waals surface area contributed by atoms with Crippen LogP contribution in [0.3, 0.4) is 0 Å². The second-order valence-electron chi connectivity index (χ2n) is 3.32. The highest BCUT2D eigenvalue weighted by Gasteiger charge is 2.11.